The zero-order valence-electron chi connectivity index (χ0n) is 16.0. The molecule has 2 heterocycles. The van der Waals surface area contributed by atoms with Crippen molar-refractivity contribution < 1.29 is 13.6 Å². The van der Waals surface area contributed by atoms with Crippen LogP contribution < -0.4 is 0 Å². The predicted octanol–water partition coefficient (Wildman–Crippen LogP) is 5.47. The number of hydrogen-bond acceptors (Lipinski definition) is 4. The Kier molecular flexibility index (Phi) is 5.59. The molecular formula is C23H17ClFN3O2. The van der Waals surface area contributed by atoms with Crippen LogP contribution in [0.1, 0.15) is 15.9 Å². The van der Waals surface area contributed by atoms with E-state index in [9.17, 15) is 9.18 Å². The molecule has 0 saturated heterocycles. The zero-order chi connectivity index (χ0) is 21.1. The summed E-state index contributed by atoms with van der Waals surface area (Å²) in [6, 6.07) is 16.8. The molecular weight excluding hydrogens is 405 g/mol. The van der Waals surface area contributed by atoms with E-state index < -0.39 is 5.82 Å². The van der Waals surface area contributed by atoms with Gasteiger partial charge in [0.25, 0.3) is 5.91 Å². The van der Waals surface area contributed by atoms with Gasteiger partial charge in [-0.3, -0.25) is 4.79 Å². The monoisotopic (exact) mass is 421 g/mol. The number of amides is 1. The molecule has 0 bridgehead atoms. The highest BCUT2D eigenvalue weighted by Crippen LogP contribution is 2.30. The average molecular weight is 422 g/mol. The van der Waals surface area contributed by atoms with Gasteiger partial charge in [-0.25, -0.2) is 14.4 Å². The van der Waals surface area contributed by atoms with Gasteiger partial charge in [-0.1, -0.05) is 41.9 Å². The van der Waals surface area contributed by atoms with Gasteiger partial charge in [0.2, 0.25) is 5.89 Å². The number of hydrogen-bond donors (Lipinski definition) is 0. The van der Waals surface area contributed by atoms with Gasteiger partial charge in [0.15, 0.2) is 5.76 Å². The fourth-order valence-corrected chi connectivity index (χ4v) is 3.20. The van der Waals surface area contributed by atoms with Crippen LogP contribution in [-0.2, 0) is 6.54 Å². The van der Waals surface area contributed by atoms with Crippen LogP contribution in [0.4, 0.5) is 4.39 Å². The SMILES string of the molecule is CN(Cc1ccc(Cl)nc1)C(=O)c1ccccc1-c1ncc(-c2ccccc2F)o1. The second kappa shape index (κ2) is 8.47. The number of aromatic nitrogens is 2. The largest absolute Gasteiger partial charge is 0.436 e. The third-order valence-electron chi connectivity index (χ3n) is 4.59. The van der Waals surface area contributed by atoms with Gasteiger partial charge >= 0.3 is 0 Å². The summed E-state index contributed by atoms with van der Waals surface area (Å²) in [6.07, 6.45) is 3.09. The van der Waals surface area contributed by atoms with E-state index in [4.69, 9.17) is 16.0 Å². The molecule has 0 aliphatic rings. The van der Waals surface area contributed by atoms with Crippen LogP contribution in [0.3, 0.4) is 0 Å². The van der Waals surface area contributed by atoms with Crippen molar-refractivity contribution in [2.75, 3.05) is 7.05 Å². The third kappa shape index (κ3) is 4.09. The Balaban J connectivity index is 1.62. The molecule has 0 radical (unpaired) electrons. The molecule has 0 atom stereocenters. The van der Waals surface area contributed by atoms with E-state index in [-0.39, 0.29) is 11.8 Å². The lowest BCUT2D eigenvalue weighted by Crippen LogP contribution is -2.26. The minimum atomic E-state index is -0.402. The van der Waals surface area contributed by atoms with Crippen molar-refractivity contribution >= 4 is 17.5 Å². The smallest absolute Gasteiger partial charge is 0.254 e. The Labute approximate surface area is 177 Å². The molecule has 150 valence electrons. The quantitative estimate of drug-likeness (QED) is 0.401. The number of carbonyl (C=O) groups is 1. The molecule has 0 spiro atoms. The van der Waals surface area contributed by atoms with E-state index in [0.717, 1.165) is 5.56 Å². The summed E-state index contributed by atoms with van der Waals surface area (Å²) in [5.74, 6) is -0.0585. The maximum absolute atomic E-state index is 14.1. The van der Waals surface area contributed by atoms with Crippen LogP contribution >= 0.6 is 11.6 Å². The van der Waals surface area contributed by atoms with Crippen molar-refractivity contribution in [3.8, 4) is 22.8 Å². The van der Waals surface area contributed by atoms with E-state index in [1.165, 1.54) is 12.3 Å². The summed E-state index contributed by atoms with van der Waals surface area (Å²) in [5.41, 5.74) is 2.13. The lowest BCUT2D eigenvalue weighted by atomic mass is 10.1. The highest BCUT2D eigenvalue weighted by atomic mass is 35.5. The van der Waals surface area contributed by atoms with E-state index >= 15 is 0 Å². The molecule has 0 fully saturated rings. The number of benzene rings is 2. The number of carbonyl (C=O) groups excluding carboxylic acids is 1. The van der Waals surface area contributed by atoms with Crippen molar-refractivity contribution in [3.63, 3.8) is 0 Å². The maximum Gasteiger partial charge on any atom is 0.254 e. The van der Waals surface area contributed by atoms with Gasteiger partial charge < -0.3 is 9.32 Å². The summed E-state index contributed by atoms with van der Waals surface area (Å²) in [7, 11) is 1.70. The minimum absolute atomic E-state index is 0.203. The van der Waals surface area contributed by atoms with Gasteiger partial charge in [-0.15, -0.1) is 0 Å². The summed E-state index contributed by atoms with van der Waals surface area (Å²) < 4.78 is 19.9. The lowest BCUT2D eigenvalue weighted by Gasteiger charge is -2.18. The van der Waals surface area contributed by atoms with Crippen LogP contribution in [0.15, 0.2) is 77.5 Å². The Hall–Kier alpha value is -3.51. The first-order chi connectivity index (χ1) is 14.5. The molecule has 2 aromatic heterocycles. The Bertz CT molecular complexity index is 1190. The van der Waals surface area contributed by atoms with Crippen molar-refractivity contribution in [1.82, 2.24) is 14.9 Å². The van der Waals surface area contributed by atoms with Gasteiger partial charge in [-0.2, -0.15) is 0 Å². The highest BCUT2D eigenvalue weighted by molar-refractivity contribution is 6.29. The van der Waals surface area contributed by atoms with Crippen molar-refractivity contribution in [3.05, 3.63) is 95.2 Å². The maximum atomic E-state index is 14.1. The molecule has 2 aromatic carbocycles. The normalized spacial score (nSPS) is 10.8. The first-order valence-electron chi connectivity index (χ1n) is 9.19. The summed E-state index contributed by atoms with van der Waals surface area (Å²) >= 11 is 5.82. The summed E-state index contributed by atoms with van der Waals surface area (Å²) in [4.78, 5) is 23.0. The topological polar surface area (TPSA) is 59.2 Å². The average Bonchev–Trinajstić information content (AvgIpc) is 3.25. The molecule has 0 aliphatic carbocycles. The molecule has 1 amide bonds. The third-order valence-corrected chi connectivity index (χ3v) is 4.81. The minimum Gasteiger partial charge on any atom is -0.436 e. The standard InChI is InChI=1S/C23H17ClFN3O2/c1-28(14-15-10-11-21(24)26-12-15)23(29)17-7-3-2-6-16(17)22-27-13-20(30-22)18-8-4-5-9-19(18)25/h2-13H,14H2,1H3. The second-order valence-corrected chi connectivity index (χ2v) is 7.09. The van der Waals surface area contributed by atoms with Crippen molar-refractivity contribution in [2.45, 2.75) is 6.54 Å². The van der Waals surface area contributed by atoms with E-state index in [1.807, 2.05) is 6.07 Å². The molecule has 0 N–H and O–H groups in total. The van der Waals surface area contributed by atoms with Crippen molar-refractivity contribution in [2.24, 2.45) is 0 Å². The van der Waals surface area contributed by atoms with E-state index in [2.05, 4.69) is 9.97 Å². The molecule has 4 rings (SSSR count). The van der Waals surface area contributed by atoms with Crippen LogP contribution in [0.2, 0.25) is 5.15 Å². The van der Waals surface area contributed by atoms with Crippen LogP contribution in [0.5, 0.6) is 0 Å². The molecule has 0 unspecified atom stereocenters. The first-order valence-corrected chi connectivity index (χ1v) is 9.57. The Morgan fingerprint density at radius 1 is 1.00 bits per heavy atom. The zero-order valence-corrected chi connectivity index (χ0v) is 16.8. The summed E-state index contributed by atoms with van der Waals surface area (Å²) in [5, 5.41) is 0.396. The number of halogens is 2. The Morgan fingerprint density at radius 3 is 2.47 bits per heavy atom. The van der Waals surface area contributed by atoms with Gasteiger partial charge in [0, 0.05) is 25.4 Å². The van der Waals surface area contributed by atoms with Crippen LogP contribution in [0.25, 0.3) is 22.8 Å². The molecule has 4 aromatic rings. The van der Waals surface area contributed by atoms with E-state index in [1.54, 1.807) is 66.7 Å². The molecule has 0 saturated carbocycles. The number of oxazole rings is 1. The van der Waals surface area contributed by atoms with Crippen LogP contribution in [-0.4, -0.2) is 27.8 Å². The lowest BCUT2D eigenvalue weighted by molar-refractivity contribution is 0.0785. The molecule has 0 aliphatic heterocycles. The fraction of sp³-hybridized carbons (Fsp3) is 0.0870. The van der Waals surface area contributed by atoms with Gasteiger partial charge in [0.05, 0.1) is 17.3 Å². The molecule has 30 heavy (non-hydrogen) atoms. The number of pyridine rings is 1. The van der Waals surface area contributed by atoms with Gasteiger partial charge in [-0.05, 0) is 35.9 Å². The first kappa shape index (κ1) is 19.8. The number of nitrogens with zero attached hydrogens (tertiary/aromatic N) is 3. The molecule has 5 nitrogen and oxygen atoms in total. The second-order valence-electron chi connectivity index (χ2n) is 6.71. The highest BCUT2D eigenvalue weighted by Gasteiger charge is 2.20. The van der Waals surface area contributed by atoms with Crippen LogP contribution in [0, 0.1) is 5.82 Å². The van der Waals surface area contributed by atoms with Gasteiger partial charge in [0.1, 0.15) is 11.0 Å². The summed E-state index contributed by atoms with van der Waals surface area (Å²) in [6.45, 7) is 0.364. The molecule has 7 heteroatoms. The fourth-order valence-electron chi connectivity index (χ4n) is 3.09. The van der Waals surface area contributed by atoms with Crippen molar-refractivity contribution in [1.29, 1.82) is 0 Å². The predicted molar refractivity (Wildman–Crippen MR) is 112 cm³/mol. The Morgan fingerprint density at radius 2 is 1.73 bits per heavy atom. The van der Waals surface area contributed by atoms with E-state index in [0.29, 0.717) is 34.1 Å². The number of rotatable bonds is 5.